The minimum absolute atomic E-state index is 0. The second-order valence-electron chi connectivity index (χ2n) is 2.85. The van der Waals surface area contributed by atoms with Crippen molar-refractivity contribution in [3.8, 4) is 0 Å². The molecule has 0 amide bonds. The second-order valence-corrected chi connectivity index (χ2v) is 3.79. The van der Waals surface area contributed by atoms with Gasteiger partial charge >= 0.3 is 35.2 Å². The zero-order valence-corrected chi connectivity index (χ0v) is 11.1. The van der Waals surface area contributed by atoms with E-state index < -0.39 is 22.3 Å². The van der Waals surface area contributed by atoms with Gasteiger partial charge in [-0.05, 0) is 29.3 Å². The predicted octanol–water partition coefficient (Wildman–Crippen LogP) is -3.54. The van der Waals surface area contributed by atoms with E-state index in [-0.39, 0.29) is 39.8 Å². The van der Waals surface area contributed by atoms with E-state index in [2.05, 4.69) is 4.98 Å². The number of hydrogen-bond acceptors (Lipinski definition) is 4. The van der Waals surface area contributed by atoms with E-state index in [1.54, 1.807) is 0 Å². The fourth-order valence-corrected chi connectivity index (χ4v) is 1.64. The van der Waals surface area contributed by atoms with Gasteiger partial charge < -0.3 is 9.54 Å². The molecule has 0 aliphatic rings. The van der Waals surface area contributed by atoms with Crippen LogP contribution in [0.4, 0.5) is 0 Å². The summed E-state index contributed by atoms with van der Waals surface area (Å²) < 4.78 is 21.3. The van der Waals surface area contributed by atoms with Crippen LogP contribution in [0.5, 0.6) is 0 Å². The Hall–Kier alpha value is -0.730. The largest absolute Gasteiger partial charge is 1.00 e. The van der Waals surface area contributed by atoms with E-state index in [9.17, 15) is 18.4 Å². The van der Waals surface area contributed by atoms with Crippen molar-refractivity contribution < 1.29 is 38.3 Å². The van der Waals surface area contributed by atoms with Gasteiger partial charge in [0.05, 0.1) is 10.9 Å². The molecule has 8 heteroatoms. The summed E-state index contributed by atoms with van der Waals surface area (Å²) >= 11 is -2.39. The molecule has 2 aromatic rings. The second kappa shape index (κ2) is 5.07. The van der Waals surface area contributed by atoms with Crippen LogP contribution in [-0.4, -0.2) is 18.7 Å². The average Bonchev–Trinajstić information content (AvgIpc) is 2.16. The fourth-order valence-electron chi connectivity index (χ4n) is 1.25. The molecule has 2 N–H and O–H groups in total. The maximum Gasteiger partial charge on any atom is 1.00 e. The molecule has 1 heterocycles. The molecule has 0 radical (unpaired) electrons. The SMILES string of the molecule is O=c1[nH]c(=O)c2cc(S(=O)[O-])ccc2[nH]1.[Na+]. The summed E-state index contributed by atoms with van der Waals surface area (Å²) in [6, 6.07) is 3.88. The van der Waals surface area contributed by atoms with Crippen LogP contribution in [0.1, 0.15) is 0 Å². The third-order valence-corrected chi connectivity index (χ3v) is 2.54. The third-order valence-electron chi connectivity index (χ3n) is 1.90. The molecule has 0 bridgehead atoms. The molecule has 1 aromatic heterocycles. The molecule has 0 aliphatic carbocycles. The van der Waals surface area contributed by atoms with Crippen molar-refractivity contribution in [2.45, 2.75) is 4.90 Å². The van der Waals surface area contributed by atoms with Crippen LogP contribution >= 0.6 is 0 Å². The molecule has 1 aromatic carbocycles. The van der Waals surface area contributed by atoms with Gasteiger partial charge in [-0.15, -0.1) is 0 Å². The predicted molar refractivity (Wildman–Crippen MR) is 52.4 cm³/mol. The Labute approximate surface area is 114 Å². The van der Waals surface area contributed by atoms with Gasteiger partial charge in [-0.25, -0.2) is 4.79 Å². The molecule has 0 fully saturated rings. The summed E-state index contributed by atoms with van der Waals surface area (Å²) in [6.45, 7) is 0. The Morgan fingerprint density at radius 2 is 1.88 bits per heavy atom. The maximum absolute atomic E-state index is 11.3. The Bertz CT molecular complexity index is 663. The quantitative estimate of drug-likeness (QED) is 0.402. The minimum Gasteiger partial charge on any atom is -0.768 e. The van der Waals surface area contributed by atoms with Gasteiger partial charge in [0.25, 0.3) is 5.56 Å². The third kappa shape index (κ3) is 2.50. The van der Waals surface area contributed by atoms with Crippen molar-refractivity contribution in [1.82, 2.24) is 9.97 Å². The first-order chi connectivity index (χ1) is 7.08. The molecule has 1 atom stereocenters. The Kier molecular flexibility index (Phi) is 4.22. The number of hydrogen-bond donors (Lipinski definition) is 2. The molecule has 0 aliphatic heterocycles. The molecule has 1 unspecified atom stereocenters. The van der Waals surface area contributed by atoms with E-state index in [4.69, 9.17) is 0 Å². The maximum atomic E-state index is 11.3. The van der Waals surface area contributed by atoms with E-state index in [1.165, 1.54) is 18.2 Å². The summed E-state index contributed by atoms with van der Waals surface area (Å²) in [7, 11) is 0. The number of fused-ring (bicyclic) bond motifs is 1. The molecule has 78 valence electrons. The van der Waals surface area contributed by atoms with E-state index in [0.29, 0.717) is 5.52 Å². The van der Waals surface area contributed by atoms with E-state index in [0.717, 1.165) is 0 Å². The van der Waals surface area contributed by atoms with Crippen molar-refractivity contribution >= 4 is 22.0 Å². The average molecular weight is 248 g/mol. The van der Waals surface area contributed by atoms with Crippen molar-refractivity contribution in [2.75, 3.05) is 0 Å². The molecular formula is C8H5N2NaO4S. The molecule has 0 saturated carbocycles. The van der Waals surface area contributed by atoms with Crippen molar-refractivity contribution in [3.05, 3.63) is 39.0 Å². The summed E-state index contributed by atoms with van der Waals surface area (Å²) in [5, 5.41) is 0.135. The summed E-state index contributed by atoms with van der Waals surface area (Å²) in [4.78, 5) is 26.6. The number of rotatable bonds is 1. The molecule has 6 nitrogen and oxygen atoms in total. The van der Waals surface area contributed by atoms with Crippen LogP contribution in [0, 0.1) is 0 Å². The summed E-state index contributed by atoms with van der Waals surface area (Å²) in [6.07, 6.45) is 0. The zero-order chi connectivity index (χ0) is 11.0. The first-order valence-electron chi connectivity index (χ1n) is 3.93. The molecule has 2 rings (SSSR count). The Morgan fingerprint density at radius 3 is 2.50 bits per heavy atom. The monoisotopic (exact) mass is 248 g/mol. The standard InChI is InChI=1S/C8H6N2O4S.Na/c11-7-5-3-4(15(13)14)1-2-6(5)9-8(12)10-7;/h1-3H,(H,13,14)(H2,9,10,11,12);/q;+1/p-1. The number of aromatic nitrogens is 2. The van der Waals surface area contributed by atoms with Crippen molar-refractivity contribution in [1.29, 1.82) is 0 Å². The van der Waals surface area contributed by atoms with E-state index in [1.807, 2.05) is 4.98 Å². The summed E-state index contributed by atoms with van der Waals surface area (Å²) in [5.41, 5.74) is -0.928. The normalized spacial score (nSPS) is 12.1. The summed E-state index contributed by atoms with van der Waals surface area (Å²) in [5.74, 6) is 0. The van der Waals surface area contributed by atoms with Gasteiger partial charge in [0.1, 0.15) is 0 Å². The molecular weight excluding hydrogens is 243 g/mol. The number of benzene rings is 1. The van der Waals surface area contributed by atoms with Gasteiger partial charge in [0, 0.05) is 4.90 Å². The number of nitrogens with one attached hydrogen (secondary N) is 2. The Morgan fingerprint density at radius 1 is 1.19 bits per heavy atom. The first-order valence-corrected chi connectivity index (χ1v) is 5.01. The minimum atomic E-state index is -2.39. The Balaban J connectivity index is 0.00000128. The number of aromatic amines is 2. The van der Waals surface area contributed by atoms with Gasteiger partial charge in [0.15, 0.2) is 0 Å². The molecule has 16 heavy (non-hydrogen) atoms. The van der Waals surface area contributed by atoms with Crippen LogP contribution < -0.4 is 40.8 Å². The van der Waals surface area contributed by atoms with Crippen LogP contribution in [0.3, 0.4) is 0 Å². The van der Waals surface area contributed by atoms with Crippen LogP contribution in [0.15, 0.2) is 32.7 Å². The van der Waals surface area contributed by atoms with Crippen LogP contribution in [0.25, 0.3) is 10.9 Å². The topological polar surface area (TPSA) is 106 Å². The van der Waals surface area contributed by atoms with Crippen LogP contribution in [0.2, 0.25) is 0 Å². The van der Waals surface area contributed by atoms with E-state index >= 15 is 0 Å². The van der Waals surface area contributed by atoms with Crippen molar-refractivity contribution in [3.63, 3.8) is 0 Å². The molecule has 0 spiro atoms. The van der Waals surface area contributed by atoms with Crippen molar-refractivity contribution in [2.24, 2.45) is 0 Å². The van der Waals surface area contributed by atoms with Gasteiger partial charge in [-0.2, -0.15) is 0 Å². The van der Waals surface area contributed by atoms with Crippen LogP contribution in [-0.2, 0) is 11.1 Å². The first kappa shape index (κ1) is 13.3. The van der Waals surface area contributed by atoms with Gasteiger partial charge in [0.2, 0.25) is 0 Å². The zero-order valence-electron chi connectivity index (χ0n) is 8.27. The van der Waals surface area contributed by atoms with Gasteiger partial charge in [-0.3, -0.25) is 14.0 Å². The van der Waals surface area contributed by atoms with Gasteiger partial charge in [-0.1, -0.05) is 0 Å². The smallest absolute Gasteiger partial charge is 0.768 e. The number of H-pyrrole nitrogens is 2. The fraction of sp³-hybridized carbons (Fsp3) is 0. The molecule has 0 saturated heterocycles.